The minimum absolute atomic E-state index is 0.128. The molecule has 0 saturated heterocycles. The Morgan fingerprint density at radius 3 is 2.12 bits per heavy atom. The zero-order chi connectivity index (χ0) is 16.4. The van der Waals surface area contributed by atoms with Crippen molar-refractivity contribution in [1.29, 1.82) is 0 Å². The van der Waals surface area contributed by atoms with Crippen LogP contribution in [0, 0.1) is 11.8 Å². The highest BCUT2D eigenvalue weighted by Gasteiger charge is 2.45. The molecule has 2 aliphatic carbocycles. The Bertz CT molecular complexity index is 650. The van der Waals surface area contributed by atoms with Gasteiger partial charge < -0.3 is 4.84 Å². The highest BCUT2D eigenvalue weighted by molar-refractivity contribution is 5.73. The minimum Gasteiger partial charge on any atom is -0.388 e. The number of hydrogen-bond donors (Lipinski definition) is 0. The molecule has 4 nitrogen and oxygen atoms in total. The van der Waals surface area contributed by atoms with Crippen LogP contribution in [0.5, 0.6) is 0 Å². The molecule has 0 radical (unpaired) electrons. The normalized spacial score (nSPS) is 21.2. The van der Waals surface area contributed by atoms with Gasteiger partial charge in [-0.3, -0.25) is 0 Å². The Balaban J connectivity index is 1.66. The third-order valence-electron chi connectivity index (χ3n) is 6.44. The van der Waals surface area contributed by atoms with Gasteiger partial charge in [0, 0.05) is 11.8 Å². The Hall–Kier alpha value is -1.58. The smallest absolute Gasteiger partial charge is 0.140 e. The van der Waals surface area contributed by atoms with Crippen LogP contribution in [-0.4, -0.2) is 20.8 Å². The fourth-order valence-electron chi connectivity index (χ4n) is 4.94. The largest absolute Gasteiger partial charge is 0.388 e. The van der Waals surface area contributed by atoms with Crippen LogP contribution in [0.2, 0.25) is 0 Å². The summed E-state index contributed by atoms with van der Waals surface area (Å²) in [6.45, 7) is 2.36. The van der Waals surface area contributed by atoms with Gasteiger partial charge in [0.1, 0.15) is 16.6 Å². The van der Waals surface area contributed by atoms with E-state index in [9.17, 15) is 0 Å². The van der Waals surface area contributed by atoms with Gasteiger partial charge in [-0.25, -0.2) is 0 Å². The van der Waals surface area contributed by atoms with E-state index in [1.54, 1.807) is 4.85 Å². The van der Waals surface area contributed by atoms with E-state index >= 15 is 0 Å². The molecule has 0 N–H and O–H groups in total. The number of benzene rings is 1. The fraction of sp³-hybridized carbons (Fsp3) is 0.700. The van der Waals surface area contributed by atoms with Crippen LogP contribution in [-0.2, 0) is 0 Å². The molecule has 4 rings (SSSR count). The van der Waals surface area contributed by atoms with Crippen molar-refractivity contribution >= 4 is 11.0 Å². The summed E-state index contributed by atoms with van der Waals surface area (Å²) in [7, 11) is 0. The maximum absolute atomic E-state index is 6.68. The van der Waals surface area contributed by atoms with Crippen molar-refractivity contribution in [3.63, 3.8) is 0 Å². The van der Waals surface area contributed by atoms with E-state index in [4.69, 9.17) is 4.84 Å². The van der Waals surface area contributed by atoms with E-state index < -0.39 is 0 Å². The fourth-order valence-corrected chi connectivity index (χ4v) is 4.94. The Labute approximate surface area is 144 Å². The lowest BCUT2D eigenvalue weighted by Gasteiger charge is -2.45. The van der Waals surface area contributed by atoms with Gasteiger partial charge in [0.15, 0.2) is 0 Å². The Morgan fingerprint density at radius 1 is 0.917 bits per heavy atom. The average Bonchev–Trinajstić information content (AvgIpc) is 3.06. The van der Waals surface area contributed by atoms with Gasteiger partial charge in [-0.05, 0) is 50.0 Å². The summed E-state index contributed by atoms with van der Waals surface area (Å²) in [5, 5.41) is 8.60. The van der Waals surface area contributed by atoms with Crippen molar-refractivity contribution in [2.75, 3.05) is 0 Å². The molecule has 0 amide bonds. The molecular formula is C20H29N3O. The second kappa shape index (κ2) is 6.73. The topological polar surface area (TPSA) is 39.9 Å². The molecule has 0 unspecified atom stereocenters. The minimum atomic E-state index is -0.128. The predicted molar refractivity (Wildman–Crippen MR) is 95.7 cm³/mol. The number of aromatic nitrogens is 3. The summed E-state index contributed by atoms with van der Waals surface area (Å²) in [6.07, 6.45) is 13.3. The number of nitrogens with zero attached hydrogens (tertiary/aromatic N) is 3. The van der Waals surface area contributed by atoms with Crippen LogP contribution < -0.4 is 4.84 Å². The Morgan fingerprint density at radius 2 is 1.50 bits per heavy atom. The van der Waals surface area contributed by atoms with E-state index in [1.807, 2.05) is 18.2 Å². The lowest BCUT2D eigenvalue weighted by Crippen LogP contribution is -2.52. The van der Waals surface area contributed by atoms with Gasteiger partial charge in [0.05, 0.1) is 0 Å². The first kappa shape index (κ1) is 15.9. The second-order valence-electron chi connectivity index (χ2n) is 7.90. The quantitative estimate of drug-likeness (QED) is 0.811. The molecule has 2 saturated carbocycles. The molecule has 24 heavy (non-hydrogen) atoms. The first-order chi connectivity index (χ1) is 11.8. The highest BCUT2D eigenvalue weighted by Crippen LogP contribution is 2.43. The van der Waals surface area contributed by atoms with Crippen molar-refractivity contribution in [3.8, 4) is 0 Å². The molecule has 0 atom stereocenters. The van der Waals surface area contributed by atoms with Crippen LogP contribution in [0.4, 0.5) is 0 Å². The van der Waals surface area contributed by atoms with Crippen molar-refractivity contribution in [3.05, 3.63) is 24.3 Å². The van der Waals surface area contributed by atoms with Gasteiger partial charge >= 0.3 is 0 Å². The number of rotatable bonds is 4. The van der Waals surface area contributed by atoms with Crippen LogP contribution in [0.3, 0.4) is 0 Å². The van der Waals surface area contributed by atoms with Gasteiger partial charge in [-0.1, -0.05) is 55.5 Å². The monoisotopic (exact) mass is 327 g/mol. The maximum atomic E-state index is 6.68. The highest BCUT2D eigenvalue weighted by atomic mass is 16.7. The Kier molecular flexibility index (Phi) is 4.47. The third-order valence-corrected chi connectivity index (χ3v) is 6.44. The second-order valence-corrected chi connectivity index (χ2v) is 7.90. The molecule has 1 heterocycles. The molecule has 2 fully saturated rings. The predicted octanol–water partition coefficient (Wildman–Crippen LogP) is 4.78. The molecule has 1 aromatic carbocycles. The zero-order valence-electron chi connectivity index (χ0n) is 14.8. The van der Waals surface area contributed by atoms with Gasteiger partial charge in [-0.2, -0.15) is 0 Å². The number of fused-ring (bicyclic) bond motifs is 1. The van der Waals surface area contributed by atoms with Crippen molar-refractivity contribution in [1.82, 2.24) is 15.2 Å². The van der Waals surface area contributed by atoms with Crippen molar-refractivity contribution in [2.45, 2.75) is 76.7 Å². The number of hydrogen-bond acceptors (Lipinski definition) is 3. The van der Waals surface area contributed by atoms with E-state index in [-0.39, 0.29) is 5.60 Å². The lowest BCUT2D eigenvalue weighted by atomic mass is 9.67. The van der Waals surface area contributed by atoms with Crippen molar-refractivity contribution < 1.29 is 4.84 Å². The average molecular weight is 327 g/mol. The van der Waals surface area contributed by atoms with Crippen LogP contribution in [0.15, 0.2) is 24.3 Å². The van der Waals surface area contributed by atoms with E-state index in [1.165, 1.54) is 64.2 Å². The first-order valence-electron chi connectivity index (χ1n) is 9.77. The summed E-state index contributed by atoms with van der Waals surface area (Å²) < 4.78 is 0. The van der Waals surface area contributed by atoms with E-state index in [0.717, 1.165) is 11.0 Å². The molecule has 4 heteroatoms. The molecule has 0 spiro atoms. The summed E-state index contributed by atoms with van der Waals surface area (Å²) in [5.41, 5.74) is 1.76. The number of para-hydroxylation sites is 1. The molecule has 130 valence electrons. The first-order valence-corrected chi connectivity index (χ1v) is 9.77. The van der Waals surface area contributed by atoms with Crippen LogP contribution in [0.1, 0.15) is 71.1 Å². The lowest BCUT2D eigenvalue weighted by molar-refractivity contribution is -0.141. The van der Waals surface area contributed by atoms with E-state index in [2.05, 4.69) is 23.3 Å². The molecular weight excluding hydrogens is 298 g/mol. The third kappa shape index (κ3) is 2.91. The zero-order valence-corrected chi connectivity index (χ0v) is 14.8. The summed E-state index contributed by atoms with van der Waals surface area (Å²) in [5.74, 6) is 1.27. The van der Waals surface area contributed by atoms with E-state index in [0.29, 0.717) is 11.8 Å². The molecule has 0 bridgehead atoms. The molecule has 0 aliphatic heterocycles. The van der Waals surface area contributed by atoms with Gasteiger partial charge in [0.2, 0.25) is 0 Å². The van der Waals surface area contributed by atoms with Gasteiger partial charge in [-0.15, -0.1) is 5.10 Å². The molecule has 2 aliphatic rings. The summed E-state index contributed by atoms with van der Waals surface area (Å²) in [6, 6.07) is 8.09. The van der Waals surface area contributed by atoms with Crippen LogP contribution in [0.25, 0.3) is 11.0 Å². The summed E-state index contributed by atoms with van der Waals surface area (Å²) in [4.78, 5) is 8.38. The maximum Gasteiger partial charge on any atom is 0.140 e. The molecule has 2 aromatic rings. The molecule has 1 aromatic heterocycles. The van der Waals surface area contributed by atoms with Crippen LogP contribution >= 0.6 is 0 Å². The van der Waals surface area contributed by atoms with Gasteiger partial charge in [0.25, 0.3) is 0 Å². The summed E-state index contributed by atoms with van der Waals surface area (Å²) >= 11 is 0. The SMILES string of the molecule is CC(On1nnc2ccccc21)(C1CCCCC1)C1CCCCC1. The van der Waals surface area contributed by atoms with Crippen molar-refractivity contribution in [2.24, 2.45) is 11.8 Å². The standard InChI is InChI=1S/C20H29N3O/c1-20(16-10-4-2-5-11-16,17-12-6-3-7-13-17)24-23-19-15-9-8-14-18(19)21-22-23/h8-9,14-17H,2-7,10-13H2,1H3.